The molecule has 2 aliphatic heterocycles. The van der Waals surface area contributed by atoms with Crippen molar-refractivity contribution in [1.29, 1.82) is 0 Å². The molecule has 2 N–H and O–H groups in total. The Bertz CT molecular complexity index is 633. The summed E-state index contributed by atoms with van der Waals surface area (Å²) in [5.41, 5.74) is 0.785. The topological polar surface area (TPSA) is 113 Å². The minimum atomic E-state index is -1.47. The summed E-state index contributed by atoms with van der Waals surface area (Å²) in [7, 11) is 1.41. The molecule has 0 aromatic heterocycles. The number of halogens is 1. The van der Waals surface area contributed by atoms with Gasteiger partial charge in [0.05, 0.1) is 13.7 Å². The van der Waals surface area contributed by atoms with E-state index in [0.29, 0.717) is 0 Å². The van der Waals surface area contributed by atoms with E-state index in [-0.39, 0.29) is 6.61 Å². The molecule has 2 saturated heterocycles. The zero-order valence-electron chi connectivity index (χ0n) is 13.3. The molecule has 1 aromatic rings. The van der Waals surface area contributed by atoms with Crippen LogP contribution >= 0.6 is 11.8 Å². The molecule has 3 rings (SSSR count). The van der Waals surface area contributed by atoms with Crippen LogP contribution in [-0.2, 0) is 19.0 Å². The highest BCUT2D eigenvalue weighted by Crippen LogP contribution is 2.36. The van der Waals surface area contributed by atoms with Crippen LogP contribution in [0.3, 0.4) is 0 Å². The van der Waals surface area contributed by atoms with Crippen molar-refractivity contribution in [2.45, 2.75) is 36.7 Å². The van der Waals surface area contributed by atoms with Gasteiger partial charge in [-0.2, -0.15) is 9.64 Å². The second-order valence-corrected chi connectivity index (χ2v) is 6.02. The van der Waals surface area contributed by atoms with Crippen molar-refractivity contribution in [3.63, 3.8) is 0 Å². The molecule has 2 heterocycles. The highest BCUT2D eigenvalue weighted by atomic mass is 35.5. The summed E-state index contributed by atoms with van der Waals surface area (Å²) in [6.07, 6.45) is -5.10. The SMILES string of the molecule is C/N=N\N(Cl)[C@H]1[C@H]2OC(c3ccccc3)OC[C@H]2OC(C(=O)O)[C@@H]1O. The van der Waals surface area contributed by atoms with Gasteiger partial charge in [-0.25, -0.2) is 4.79 Å². The van der Waals surface area contributed by atoms with E-state index in [1.54, 1.807) is 0 Å². The third-order valence-corrected chi connectivity index (χ3v) is 4.41. The fourth-order valence-corrected chi connectivity index (χ4v) is 3.28. The number of aliphatic hydroxyl groups excluding tert-OH is 1. The Balaban J connectivity index is 1.87. The van der Waals surface area contributed by atoms with E-state index in [1.165, 1.54) is 7.05 Å². The van der Waals surface area contributed by atoms with Crippen LogP contribution in [-0.4, -0.2) is 64.8 Å². The summed E-state index contributed by atoms with van der Waals surface area (Å²) >= 11 is 6.08. The van der Waals surface area contributed by atoms with Crippen molar-refractivity contribution in [2.75, 3.05) is 13.7 Å². The molecule has 0 saturated carbocycles. The van der Waals surface area contributed by atoms with Crippen molar-refractivity contribution < 1.29 is 29.2 Å². The van der Waals surface area contributed by atoms with Crippen LogP contribution in [0.25, 0.3) is 0 Å². The van der Waals surface area contributed by atoms with E-state index in [1.807, 2.05) is 30.3 Å². The number of rotatable bonds is 4. The first-order valence-corrected chi connectivity index (χ1v) is 8.00. The van der Waals surface area contributed by atoms with Crippen molar-refractivity contribution >= 4 is 17.7 Å². The molecule has 136 valence electrons. The molecule has 10 heteroatoms. The van der Waals surface area contributed by atoms with Gasteiger partial charge in [-0.3, -0.25) is 0 Å². The third-order valence-electron chi connectivity index (χ3n) is 4.11. The summed E-state index contributed by atoms with van der Waals surface area (Å²) in [4.78, 5) is 11.4. The maximum Gasteiger partial charge on any atom is 0.335 e. The molecule has 0 radical (unpaired) electrons. The van der Waals surface area contributed by atoms with Gasteiger partial charge in [0, 0.05) is 17.3 Å². The van der Waals surface area contributed by atoms with E-state index in [0.717, 1.165) is 10.1 Å². The van der Waals surface area contributed by atoms with Crippen LogP contribution in [0.5, 0.6) is 0 Å². The molecular weight excluding hydrogens is 354 g/mol. The molecule has 25 heavy (non-hydrogen) atoms. The van der Waals surface area contributed by atoms with Gasteiger partial charge in [0.2, 0.25) is 0 Å². The van der Waals surface area contributed by atoms with Gasteiger partial charge in [0.15, 0.2) is 12.4 Å². The average molecular weight is 372 g/mol. The lowest BCUT2D eigenvalue weighted by atomic mass is 9.92. The second kappa shape index (κ2) is 7.63. The number of carbonyl (C=O) groups is 1. The van der Waals surface area contributed by atoms with Gasteiger partial charge >= 0.3 is 5.97 Å². The van der Waals surface area contributed by atoms with Crippen LogP contribution < -0.4 is 0 Å². The average Bonchev–Trinajstić information content (AvgIpc) is 2.61. The number of fused-ring (bicyclic) bond motifs is 1. The van der Waals surface area contributed by atoms with Gasteiger partial charge in [-0.1, -0.05) is 35.6 Å². The van der Waals surface area contributed by atoms with Crippen LogP contribution in [0.2, 0.25) is 0 Å². The van der Waals surface area contributed by atoms with E-state index >= 15 is 0 Å². The molecule has 1 aromatic carbocycles. The number of benzene rings is 1. The van der Waals surface area contributed by atoms with E-state index < -0.39 is 42.7 Å². The third kappa shape index (κ3) is 3.60. The largest absolute Gasteiger partial charge is 0.479 e. The minimum Gasteiger partial charge on any atom is -0.479 e. The fraction of sp³-hybridized carbons (Fsp3) is 0.533. The van der Waals surface area contributed by atoms with Crippen molar-refractivity contribution in [3.05, 3.63) is 35.9 Å². The fourth-order valence-electron chi connectivity index (χ4n) is 2.99. The minimum absolute atomic E-state index is 0.0885. The van der Waals surface area contributed by atoms with Crippen molar-refractivity contribution in [3.8, 4) is 0 Å². The number of aliphatic carboxylic acids is 1. The van der Waals surface area contributed by atoms with E-state index in [4.69, 9.17) is 26.0 Å². The van der Waals surface area contributed by atoms with Gasteiger partial charge in [0.25, 0.3) is 0 Å². The molecule has 0 amide bonds. The van der Waals surface area contributed by atoms with Gasteiger partial charge < -0.3 is 24.4 Å². The summed E-state index contributed by atoms with van der Waals surface area (Å²) in [5.74, 6) is -1.31. The van der Waals surface area contributed by atoms with Crippen molar-refractivity contribution in [2.24, 2.45) is 10.3 Å². The number of nitrogens with zero attached hydrogens (tertiary/aromatic N) is 3. The zero-order valence-corrected chi connectivity index (χ0v) is 14.1. The van der Waals surface area contributed by atoms with Gasteiger partial charge in [0.1, 0.15) is 24.4 Å². The number of ether oxygens (including phenoxy) is 3. The molecule has 0 spiro atoms. The Labute approximate surface area is 148 Å². The van der Waals surface area contributed by atoms with Crippen LogP contribution in [0.1, 0.15) is 11.9 Å². The number of carboxylic acid groups (broad SMARTS) is 1. The summed E-state index contributed by atoms with van der Waals surface area (Å²) < 4.78 is 17.9. The summed E-state index contributed by atoms with van der Waals surface area (Å²) in [5, 5.41) is 27.0. The second-order valence-electron chi connectivity index (χ2n) is 5.67. The lowest BCUT2D eigenvalue weighted by molar-refractivity contribution is -0.313. The van der Waals surface area contributed by atoms with Crippen LogP contribution in [0.15, 0.2) is 40.7 Å². The Kier molecular flexibility index (Phi) is 5.50. The lowest BCUT2D eigenvalue weighted by Crippen LogP contribution is -2.66. The first-order chi connectivity index (χ1) is 12.0. The maximum absolute atomic E-state index is 11.4. The highest BCUT2D eigenvalue weighted by molar-refractivity contribution is 6.13. The van der Waals surface area contributed by atoms with Crippen LogP contribution in [0.4, 0.5) is 0 Å². The smallest absolute Gasteiger partial charge is 0.335 e. The predicted molar refractivity (Wildman–Crippen MR) is 84.6 cm³/mol. The van der Waals surface area contributed by atoms with Gasteiger partial charge in [-0.05, 0) is 0 Å². The molecule has 2 fully saturated rings. The molecule has 9 nitrogen and oxygen atoms in total. The van der Waals surface area contributed by atoms with E-state index in [9.17, 15) is 15.0 Å². The summed E-state index contributed by atoms with van der Waals surface area (Å²) in [6.45, 7) is 0.0885. The molecular formula is C15H18ClN3O6. The van der Waals surface area contributed by atoms with Crippen molar-refractivity contribution in [1.82, 2.24) is 4.53 Å². The van der Waals surface area contributed by atoms with E-state index in [2.05, 4.69) is 10.3 Å². The lowest BCUT2D eigenvalue weighted by Gasteiger charge is -2.47. The summed E-state index contributed by atoms with van der Waals surface area (Å²) in [6, 6.07) is 8.26. The first-order valence-electron chi connectivity index (χ1n) is 7.66. The standard InChI is InChI=1S/C15H18ClN3O6/c1-17-18-19(16)10-11(20)13(14(21)22)24-9-7-23-15(25-12(9)10)8-5-3-2-4-6-8/h2-6,9-13,15,20H,7H2,1H3,(H,21,22)/b18-17-/t9-,10-,11-,12+,13?,15?/m1/s1. The zero-order chi connectivity index (χ0) is 18.0. The molecule has 0 aliphatic carbocycles. The quantitative estimate of drug-likeness (QED) is 0.463. The molecule has 0 bridgehead atoms. The Hall–Kier alpha value is -1.78. The number of aliphatic hydroxyl groups is 1. The normalized spacial score (nSPS) is 35.3. The number of carboxylic acids is 1. The first kappa shape index (κ1) is 18.0. The molecule has 6 atom stereocenters. The Morgan fingerprint density at radius 2 is 2.04 bits per heavy atom. The number of hydrogen-bond donors (Lipinski definition) is 2. The predicted octanol–water partition coefficient (Wildman–Crippen LogP) is 1.13. The monoisotopic (exact) mass is 371 g/mol. The maximum atomic E-state index is 11.4. The Morgan fingerprint density at radius 1 is 1.32 bits per heavy atom. The molecule has 2 aliphatic rings. The molecule has 2 unspecified atom stereocenters. The highest BCUT2D eigenvalue weighted by Gasteiger charge is 2.54. The Morgan fingerprint density at radius 3 is 2.68 bits per heavy atom. The number of hydrogen-bond acceptors (Lipinski definition) is 7. The van der Waals surface area contributed by atoms with Crippen LogP contribution in [0, 0.1) is 0 Å². The van der Waals surface area contributed by atoms with Gasteiger partial charge in [-0.15, -0.1) is 0 Å².